The Morgan fingerprint density at radius 2 is 1.71 bits per heavy atom. The summed E-state index contributed by atoms with van der Waals surface area (Å²) in [6.07, 6.45) is 2.94. The van der Waals surface area contributed by atoms with Crippen LogP contribution in [0.1, 0.15) is 43.0 Å². The number of nitrogens with zero attached hydrogens (tertiary/aromatic N) is 1. The van der Waals surface area contributed by atoms with E-state index in [0.717, 1.165) is 36.3 Å². The molecule has 1 aliphatic rings. The van der Waals surface area contributed by atoms with Gasteiger partial charge in [-0.05, 0) is 43.9 Å². The molecule has 0 bridgehead atoms. The standard InChI is InChI=1S/C28H32N2O4/c1-20-13-15-22(16-14-20)30-24-19-26(34-17-9-5-8-12-27(31)33-3)25(32-2)18-23(24)29-28(30)21-10-6-4-7-11-21/h4,6-7,10-11,13-16,18-19,28-29H,5,8-9,12,17H2,1-3H3. The molecule has 0 aliphatic carbocycles. The van der Waals surface area contributed by atoms with Crippen molar-refractivity contribution in [3.05, 3.63) is 77.9 Å². The molecule has 1 N–H and O–H groups in total. The molecule has 178 valence electrons. The Labute approximate surface area is 201 Å². The molecule has 0 spiro atoms. The van der Waals surface area contributed by atoms with E-state index in [2.05, 4.69) is 71.7 Å². The first-order valence-electron chi connectivity index (χ1n) is 11.7. The van der Waals surface area contributed by atoms with Crippen LogP contribution in [-0.2, 0) is 9.53 Å². The molecular weight excluding hydrogens is 428 g/mol. The maximum Gasteiger partial charge on any atom is 0.305 e. The molecule has 0 amide bonds. The maximum atomic E-state index is 11.3. The van der Waals surface area contributed by atoms with Crippen LogP contribution in [0.3, 0.4) is 0 Å². The lowest BCUT2D eigenvalue weighted by atomic mass is 10.1. The largest absolute Gasteiger partial charge is 0.493 e. The van der Waals surface area contributed by atoms with Crippen LogP contribution in [0.2, 0.25) is 0 Å². The van der Waals surface area contributed by atoms with Gasteiger partial charge in [0.2, 0.25) is 0 Å². The fraction of sp³-hybridized carbons (Fsp3) is 0.321. The Balaban J connectivity index is 1.57. The van der Waals surface area contributed by atoms with Crippen molar-refractivity contribution < 1.29 is 19.0 Å². The van der Waals surface area contributed by atoms with Crippen molar-refractivity contribution in [3.8, 4) is 11.5 Å². The molecule has 1 atom stereocenters. The number of carbonyl (C=O) groups excluding carboxylic acids is 1. The first kappa shape index (κ1) is 23.5. The molecule has 0 saturated heterocycles. The summed E-state index contributed by atoms with van der Waals surface area (Å²) in [4.78, 5) is 13.6. The molecule has 1 aliphatic heterocycles. The third-order valence-electron chi connectivity index (χ3n) is 6.03. The van der Waals surface area contributed by atoms with E-state index in [0.29, 0.717) is 24.5 Å². The van der Waals surface area contributed by atoms with Gasteiger partial charge in [0.25, 0.3) is 0 Å². The number of fused-ring (bicyclic) bond motifs is 1. The minimum atomic E-state index is -0.169. The topological polar surface area (TPSA) is 60.0 Å². The molecule has 6 nitrogen and oxygen atoms in total. The first-order chi connectivity index (χ1) is 16.6. The third kappa shape index (κ3) is 5.28. The lowest BCUT2D eigenvalue weighted by Gasteiger charge is -2.27. The van der Waals surface area contributed by atoms with Gasteiger partial charge in [0.1, 0.15) is 6.17 Å². The first-order valence-corrected chi connectivity index (χ1v) is 11.7. The molecule has 0 fully saturated rings. The van der Waals surface area contributed by atoms with Crippen molar-refractivity contribution >= 4 is 23.0 Å². The Bertz CT molecular complexity index is 1100. The van der Waals surface area contributed by atoms with Gasteiger partial charge in [-0.15, -0.1) is 0 Å². The van der Waals surface area contributed by atoms with Crippen molar-refractivity contribution in [3.63, 3.8) is 0 Å². The number of hydrogen-bond acceptors (Lipinski definition) is 6. The van der Waals surface area contributed by atoms with Gasteiger partial charge >= 0.3 is 5.97 Å². The number of anilines is 3. The van der Waals surface area contributed by atoms with Crippen molar-refractivity contribution in [2.75, 3.05) is 31.0 Å². The highest BCUT2D eigenvalue weighted by Crippen LogP contribution is 2.50. The van der Waals surface area contributed by atoms with E-state index in [1.54, 1.807) is 7.11 Å². The van der Waals surface area contributed by atoms with E-state index < -0.39 is 0 Å². The Hall–Kier alpha value is -3.67. The number of aryl methyl sites for hydroxylation is 1. The van der Waals surface area contributed by atoms with E-state index in [1.165, 1.54) is 18.2 Å². The summed E-state index contributed by atoms with van der Waals surface area (Å²) in [7, 11) is 3.08. The second kappa shape index (κ2) is 11.0. The number of hydrogen-bond donors (Lipinski definition) is 1. The molecule has 0 radical (unpaired) electrons. The fourth-order valence-electron chi connectivity index (χ4n) is 4.18. The normalized spacial score (nSPS) is 14.3. The quantitative estimate of drug-likeness (QED) is 0.280. The molecule has 0 aromatic heterocycles. The van der Waals surface area contributed by atoms with Crippen molar-refractivity contribution in [1.29, 1.82) is 0 Å². The van der Waals surface area contributed by atoms with E-state index in [-0.39, 0.29) is 12.1 Å². The summed E-state index contributed by atoms with van der Waals surface area (Å²) in [6.45, 7) is 2.65. The van der Waals surface area contributed by atoms with Gasteiger partial charge < -0.3 is 24.4 Å². The van der Waals surface area contributed by atoms with Crippen molar-refractivity contribution in [2.24, 2.45) is 0 Å². The van der Waals surface area contributed by atoms with E-state index in [9.17, 15) is 4.79 Å². The monoisotopic (exact) mass is 460 g/mol. The number of carbonyl (C=O) groups is 1. The number of esters is 1. The van der Waals surface area contributed by atoms with Gasteiger partial charge in [0, 0.05) is 24.2 Å². The van der Waals surface area contributed by atoms with Crippen LogP contribution < -0.4 is 19.7 Å². The zero-order chi connectivity index (χ0) is 23.9. The highest BCUT2D eigenvalue weighted by molar-refractivity contribution is 5.86. The van der Waals surface area contributed by atoms with Crippen LogP contribution in [0.15, 0.2) is 66.7 Å². The SMILES string of the molecule is COC(=O)CCCCCOc1cc2c(cc1OC)NC(c1ccccc1)N2c1ccc(C)cc1. The lowest BCUT2D eigenvalue weighted by Crippen LogP contribution is -2.23. The van der Waals surface area contributed by atoms with Crippen LogP contribution in [0.4, 0.5) is 17.1 Å². The highest BCUT2D eigenvalue weighted by Gasteiger charge is 2.32. The smallest absolute Gasteiger partial charge is 0.305 e. The van der Waals surface area contributed by atoms with Gasteiger partial charge in [-0.1, -0.05) is 48.0 Å². The van der Waals surface area contributed by atoms with Crippen LogP contribution in [0, 0.1) is 6.92 Å². The van der Waals surface area contributed by atoms with Gasteiger partial charge in [-0.3, -0.25) is 4.79 Å². The fourth-order valence-corrected chi connectivity index (χ4v) is 4.18. The average molecular weight is 461 g/mol. The number of methoxy groups -OCH3 is 2. The van der Waals surface area contributed by atoms with Crippen molar-refractivity contribution in [1.82, 2.24) is 0 Å². The lowest BCUT2D eigenvalue weighted by molar-refractivity contribution is -0.140. The minimum Gasteiger partial charge on any atom is -0.493 e. The van der Waals surface area contributed by atoms with Gasteiger partial charge in [0.15, 0.2) is 11.5 Å². The van der Waals surface area contributed by atoms with Gasteiger partial charge in [0.05, 0.1) is 32.2 Å². The number of unbranched alkanes of at least 4 members (excludes halogenated alkanes) is 2. The molecule has 1 unspecified atom stereocenters. The van der Waals surface area contributed by atoms with E-state index in [4.69, 9.17) is 14.2 Å². The van der Waals surface area contributed by atoms with Crippen molar-refractivity contribution in [2.45, 2.75) is 38.8 Å². The summed E-state index contributed by atoms with van der Waals surface area (Å²) in [5.74, 6) is 1.23. The molecule has 4 rings (SSSR count). The maximum absolute atomic E-state index is 11.3. The number of rotatable bonds is 10. The molecule has 3 aromatic carbocycles. The van der Waals surface area contributed by atoms with Crippen LogP contribution in [-0.4, -0.2) is 26.8 Å². The number of nitrogens with one attached hydrogen (secondary N) is 1. The second-order valence-corrected chi connectivity index (χ2v) is 8.42. The predicted octanol–water partition coefficient (Wildman–Crippen LogP) is 6.38. The number of ether oxygens (including phenoxy) is 3. The number of benzene rings is 3. The third-order valence-corrected chi connectivity index (χ3v) is 6.03. The molecular formula is C28H32N2O4. The Kier molecular flexibility index (Phi) is 7.58. The average Bonchev–Trinajstić information content (AvgIpc) is 3.24. The molecule has 6 heteroatoms. The summed E-state index contributed by atoms with van der Waals surface area (Å²) < 4.78 is 16.5. The van der Waals surface area contributed by atoms with E-state index in [1.807, 2.05) is 12.1 Å². The summed E-state index contributed by atoms with van der Waals surface area (Å²) in [6, 6.07) is 23.0. The Morgan fingerprint density at radius 1 is 0.941 bits per heavy atom. The molecule has 1 heterocycles. The summed E-state index contributed by atoms with van der Waals surface area (Å²) in [5, 5.41) is 3.66. The minimum absolute atomic E-state index is 0.0443. The molecule has 0 saturated carbocycles. The highest BCUT2D eigenvalue weighted by atomic mass is 16.5. The predicted molar refractivity (Wildman–Crippen MR) is 135 cm³/mol. The van der Waals surface area contributed by atoms with Gasteiger partial charge in [-0.2, -0.15) is 0 Å². The van der Waals surface area contributed by atoms with Crippen LogP contribution in [0.25, 0.3) is 0 Å². The van der Waals surface area contributed by atoms with Crippen LogP contribution in [0.5, 0.6) is 11.5 Å². The molecule has 34 heavy (non-hydrogen) atoms. The van der Waals surface area contributed by atoms with Gasteiger partial charge in [-0.25, -0.2) is 0 Å². The second-order valence-electron chi connectivity index (χ2n) is 8.42. The Morgan fingerprint density at radius 3 is 2.41 bits per heavy atom. The summed E-state index contributed by atoms with van der Waals surface area (Å²) in [5.41, 5.74) is 5.53. The molecule has 3 aromatic rings. The zero-order valence-electron chi connectivity index (χ0n) is 20.0. The van der Waals surface area contributed by atoms with Crippen LogP contribution >= 0.6 is 0 Å². The zero-order valence-corrected chi connectivity index (χ0v) is 20.0. The van der Waals surface area contributed by atoms with E-state index >= 15 is 0 Å². The summed E-state index contributed by atoms with van der Waals surface area (Å²) >= 11 is 0.